The van der Waals surface area contributed by atoms with Gasteiger partial charge in [0.25, 0.3) is 0 Å². The van der Waals surface area contributed by atoms with E-state index in [-0.39, 0.29) is 40.1 Å². The van der Waals surface area contributed by atoms with E-state index in [1.807, 2.05) is 0 Å². The summed E-state index contributed by atoms with van der Waals surface area (Å²) in [5, 5.41) is 0. The van der Waals surface area contributed by atoms with Crippen molar-refractivity contribution in [2.45, 2.75) is 26.2 Å². The van der Waals surface area contributed by atoms with Gasteiger partial charge in [-0.25, -0.2) is 0 Å². The molecule has 0 aromatic rings. The van der Waals surface area contributed by atoms with Gasteiger partial charge in [-0.05, 0) is 6.92 Å². The van der Waals surface area contributed by atoms with E-state index in [9.17, 15) is 0 Å². The molecule has 0 spiro atoms. The molecule has 1 aliphatic carbocycles. The fraction of sp³-hybridized carbons (Fsp3) is 0.500. The Balaban J connectivity index is 0. The van der Waals surface area contributed by atoms with Crippen LogP contribution in [0.3, 0.4) is 0 Å². The molecule has 1 heteroatoms. The molecule has 0 amide bonds. The van der Waals surface area contributed by atoms with Crippen LogP contribution < -0.4 is 0 Å². The molecule has 0 aromatic carbocycles. The monoisotopic (exact) mass is 199 g/mol. The van der Waals surface area contributed by atoms with E-state index in [2.05, 4.69) is 19.4 Å². The van der Waals surface area contributed by atoms with Crippen LogP contribution in [-0.4, -0.2) is 0 Å². The second kappa shape index (κ2) is 6.96. The maximum absolute atomic E-state index is 2.33. The van der Waals surface area contributed by atoms with Crippen molar-refractivity contribution >= 4 is 0 Å². The molecular weight excluding hydrogens is 185 g/mol. The van der Waals surface area contributed by atoms with Crippen LogP contribution >= 0.6 is 0 Å². The van der Waals surface area contributed by atoms with Gasteiger partial charge in [0.15, 0.2) is 0 Å². The topological polar surface area (TPSA) is 0 Å². The van der Waals surface area contributed by atoms with Crippen molar-refractivity contribution in [1.29, 1.82) is 0 Å². The Labute approximate surface area is 84.0 Å². The summed E-state index contributed by atoms with van der Waals surface area (Å²) in [6, 6.07) is 0. The van der Waals surface area contributed by atoms with E-state index in [0.717, 1.165) is 0 Å². The molecule has 0 nitrogen and oxygen atoms in total. The molecule has 0 aromatic heterocycles. The van der Waals surface area contributed by atoms with E-state index in [1.165, 1.54) is 19.3 Å². The molecule has 1 aliphatic rings. The maximum atomic E-state index is 2.33. The van der Waals surface area contributed by atoms with Gasteiger partial charge in [0.2, 0.25) is 0 Å². The summed E-state index contributed by atoms with van der Waals surface area (Å²) in [5.41, 5.74) is 1.56. The van der Waals surface area contributed by atoms with Gasteiger partial charge in [-0.1, -0.05) is 12.0 Å². The Hall–Kier alpha value is 0.844. The molecule has 0 N–H and O–H groups in total. The van der Waals surface area contributed by atoms with Crippen molar-refractivity contribution in [3.8, 4) is 0 Å². The maximum Gasteiger partial charge on any atom is 0 e. The number of rotatable bonds is 0. The van der Waals surface area contributed by atoms with Crippen LogP contribution in [0.5, 0.6) is 0 Å². The molecule has 0 bridgehead atoms. The van der Waals surface area contributed by atoms with Crippen molar-refractivity contribution in [3.63, 3.8) is 0 Å². The summed E-state index contributed by atoms with van der Waals surface area (Å²) >= 11 is 0. The van der Waals surface area contributed by atoms with E-state index in [4.69, 9.17) is 0 Å². The van der Waals surface area contributed by atoms with Crippen LogP contribution in [0.25, 0.3) is 0 Å². The van der Waals surface area contributed by atoms with Gasteiger partial charge < -0.3 is 13.8 Å². The zero-order valence-electron chi connectivity index (χ0n) is 6.35. The fourth-order valence-corrected chi connectivity index (χ4v) is 0.834. The molecule has 0 unspecified atom stereocenters. The normalized spacial score (nSPS) is 16.8. The molecule has 0 saturated heterocycles. The molecule has 1 rings (SSSR count). The molecule has 1 radical (unpaired) electrons. The van der Waals surface area contributed by atoms with Crippen LogP contribution in [0, 0.1) is 13.8 Å². The van der Waals surface area contributed by atoms with Gasteiger partial charge in [-0.3, -0.25) is 0 Å². The average molecular weight is 199 g/mol. The number of hydrogen-bond acceptors (Lipinski definition) is 0. The van der Waals surface area contributed by atoms with E-state index >= 15 is 0 Å². The first-order valence-corrected chi connectivity index (χ1v) is 2.87. The van der Waals surface area contributed by atoms with Gasteiger partial charge in [0.1, 0.15) is 0 Å². The Morgan fingerprint density at radius 3 is 2.44 bits per heavy atom. The van der Waals surface area contributed by atoms with Crippen molar-refractivity contribution in [2.24, 2.45) is 0 Å². The molecule has 0 heterocycles. The van der Waals surface area contributed by atoms with Crippen LogP contribution in [0.2, 0.25) is 0 Å². The summed E-state index contributed by atoms with van der Waals surface area (Å²) in [5.74, 6) is 0. The van der Waals surface area contributed by atoms with E-state index in [1.54, 1.807) is 5.57 Å². The largest absolute Gasteiger partial charge is 0.358 e. The molecule has 0 saturated carbocycles. The Bertz CT molecular complexity index is 84.6. The molecule has 0 aliphatic heterocycles. The predicted octanol–water partition coefficient (Wildman–Crippen LogP) is 2.77. The minimum Gasteiger partial charge on any atom is -0.358 e. The first kappa shape index (κ1) is 12.5. The SMILES string of the molecule is CC1=CC[CH-]CC1.[CH3-].[Y]. The molecular formula is C8H14Y-2. The fourth-order valence-electron chi connectivity index (χ4n) is 0.834. The Morgan fingerprint density at radius 1 is 1.56 bits per heavy atom. The second-order valence-corrected chi connectivity index (χ2v) is 2.11. The first-order valence-electron chi connectivity index (χ1n) is 2.87. The summed E-state index contributed by atoms with van der Waals surface area (Å²) in [4.78, 5) is 0. The standard InChI is InChI=1S/C7H11.CH3.Y/c1-7-5-3-2-4-6-7;;/h2,5H,3-4,6H2,1H3;1H3;/q2*-1;. The second-order valence-electron chi connectivity index (χ2n) is 2.11. The Morgan fingerprint density at radius 2 is 2.22 bits per heavy atom. The third-order valence-corrected chi connectivity index (χ3v) is 1.38. The van der Waals surface area contributed by atoms with Crippen molar-refractivity contribution in [3.05, 3.63) is 25.5 Å². The summed E-state index contributed by atoms with van der Waals surface area (Å²) in [6.45, 7) is 2.20. The smallest absolute Gasteiger partial charge is 0 e. The van der Waals surface area contributed by atoms with Crippen molar-refractivity contribution < 1.29 is 32.7 Å². The van der Waals surface area contributed by atoms with Crippen LogP contribution in [0.4, 0.5) is 0 Å². The quantitative estimate of drug-likeness (QED) is 0.415. The summed E-state index contributed by atoms with van der Waals surface area (Å²) in [7, 11) is 0. The third kappa shape index (κ3) is 5.30. The third-order valence-electron chi connectivity index (χ3n) is 1.38. The predicted molar refractivity (Wildman–Crippen MR) is 38.3 cm³/mol. The van der Waals surface area contributed by atoms with Crippen LogP contribution in [-0.2, 0) is 32.7 Å². The minimum absolute atomic E-state index is 0. The zero-order chi connectivity index (χ0) is 5.11. The van der Waals surface area contributed by atoms with E-state index in [0.29, 0.717) is 0 Å². The van der Waals surface area contributed by atoms with Gasteiger partial charge in [-0.2, -0.15) is 12.8 Å². The van der Waals surface area contributed by atoms with Gasteiger partial charge in [0, 0.05) is 32.7 Å². The Kier molecular flexibility index (Phi) is 9.67. The van der Waals surface area contributed by atoms with Crippen LogP contribution in [0.1, 0.15) is 26.2 Å². The van der Waals surface area contributed by atoms with Gasteiger partial charge in [-0.15, -0.1) is 6.08 Å². The number of hydrogen-bond donors (Lipinski definition) is 0. The number of allylic oxidation sites excluding steroid dienone is 2. The van der Waals surface area contributed by atoms with Gasteiger partial charge >= 0.3 is 0 Å². The molecule has 0 fully saturated rings. The molecule has 51 valence electrons. The average Bonchev–Trinajstić information content (AvgIpc) is 1.69. The van der Waals surface area contributed by atoms with Gasteiger partial charge in [0.05, 0.1) is 0 Å². The molecule has 9 heavy (non-hydrogen) atoms. The summed E-state index contributed by atoms with van der Waals surface area (Å²) in [6.07, 6.45) is 8.41. The van der Waals surface area contributed by atoms with Crippen LogP contribution in [0.15, 0.2) is 11.6 Å². The van der Waals surface area contributed by atoms with Crippen molar-refractivity contribution in [2.75, 3.05) is 0 Å². The van der Waals surface area contributed by atoms with E-state index < -0.39 is 0 Å². The molecule has 0 atom stereocenters. The minimum atomic E-state index is 0. The van der Waals surface area contributed by atoms with Crippen molar-refractivity contribution in [1.82, 2.24) is 0 Å². The zero-order valence-corrected chi connectivity index (χ0v) is 9.19. The summed E-state index contributed by atoms with van der Waals surface area (Å²) < 4.78 is 0. The first-order chi connectivity index (χ1) is 3.39.